The average Bonchev–Trinajstić information content (AvgIpc) is 1.63. The number of rotatable bonds is 6. The fraction of sp³-hybridized carbons (Fsp3) is 0.423. The Labute approximate surface area is 813 Å². The van der Waals surface area contributed by atoms with Crippen molar-refractivity contribution in [3.8, 4) is 37.0 Å². The van der Waals surface area contributed by atoms with Gasteiger partial charge in [0.05, 0.1) is 74.8 Å². The van der Waals surface area contributed by atoms with E-state index in [9.17, 15) is 56.9 Å². The van der Waals surface area contributed by atoms with E-state index in [1.54, 1.807) is 0 Å². The minimum absolute atomic E-state index is 0.0407. The van der Waals surface area contributed by atoms with E-state index in [-0.39, 0.29) is 121 Å². The van der Waals surface area contributed by atoms with Crippen molar-refractivity contribution in [2.24, 2.45) is 0 Å². The third-order valence-electron chi connectivity index (χ3n) is 23.5. The van der Waals surface area contributed by atoms with Crippen molar-refractivity contribution in [1.29, 1.82) is 0 Å². The second-order valence-electron chi connectivity index (χ2n) is 32.2. The molecular weight excluding hydrogens is 2130 g/mol. The van der Waals surface area contributed by atoms with Crippen LogP contribution in [0.15, 0.2) is 82.8 Å². The first kappa shape index (κ1) is 101. The number of hydrogen-bond acceptors (Lipinski definition) is 43. The number of aromatic amines is 3. The third-order valence-corrected chi connectivity index (χ3v) is 32.9. The highest BCUT2D eigenvalue weighted by Gasteiger charge is 2.61. The number of nitrogens with one attached hydrogen (secondary N) is 3. The molecule has 21 rings (SSSR count). The molecule has 0 spiro atoms. The van der Waals surface area contributed by atoms with Gasteiger partial charge in [0, 0.05) is 61.6 Å². The number of aromatic nitrogens is 19. The van der Waals surface area contributed by atoms with Crippen LogP contribution >= 0.6 is 40.3 Å². The minimum Gasteiger partial charge on any atom is -0.398 e. The van der Waals surface area contributed by atoms with Crippen LogP contribution in [-0.2, 0) is 154 Å². The lowest BCUT2D eigenvalue weighted by molar-refractivity contribution is -0.0894. The van der Waals surface area contributed by atoms with E-state index in [1.807, 2.05) is 0 Å². The standard InChI is InChI=1S/2C24H24F2N8O9P2S2.C23H23F2N9O9P2S2/c2*1-2-24-8-39-45(37,47)43-18-16(26)12(40-22(18)34-9-30-17-20(34)31-23(28)32-21(17)35)7-38-44(36,46)42-13(24)5-14(41-24)33-6-10(25)15-11(27)3-4-29-19(15)33;1-2-23-6-39-45(37,47)43-16-14(25)10(40-21(16)34-8-30-15-19(34)31-22(27)32-20(15)35)5-38-44(36,46)42-11(23)3-12(41-23)33-4-9(24)13-17(26)28-7-29-18(13)33/h2*1,3-4,6,9,12-14,16,18,22H,5,7-8H2,(H2,27,29)(H,36,46)(H,37,47)(H3,28,31,32,35);1,4,7-8,10-12,14,16,21H,3,5-6H2,(H,36,46)(H,37,47)(H2,26,28,29)(H3,27,31,32,35)/t2*12-,13+,14-,16-,18-,22-,24-,44?,45?;10-,11+,12-,14-,16-,21-,23-,44?,45?/m111/s1. The Bertz CT molecular complexity index is 7040. The highest BCUT2D eigenvalue weighted by Crippen LogP contribution is 2.62. The molecule has 0 radical (unpaired) electrons. The molecule has 750 valence electrons. The number of halogens is 6. The largest absolute Gasteiger partial charge is 0.398 e. The smallest absolute Gasteiger partial charge is 0.325 e. The number of anilines is 6. The Kier molecular flexibility index (Phi) is 26.8. The molecule has 9 aliphatic heterocycles. The van der Waals surface area contributed by atoms with Crippen molar-refractivity contribution in [1.82, 2.24) is 92.2 Å². The van der Waals surface area contributed by atoms with Gasteiger partial charge in [-0.3, -0.25) is 56.6 Å². The van der Waals surface area contributed by atoms with Gasteiger partial charge in [-0.2, -0.15) is 15.0 Å². The number of pyridine rings is 2. The fourth-order valence-electron chi connectivity index (χ4n) is 17.1. The molecule has 0 aromatic carbocycles. The van der Waals surface area contributed by atoms with Gasteiger partial charge in [0.25, 0.3) is 16.7 Å². The Balaban J connectivity index is 0.000000134. The fourth-order valence-corrected chi connectivity index (χ4v) is 25.7. The van der Waals surface area contributed by atoms with Gasteiger partial charge in [-0.1, -0.05) is 17.8 Å². The molecule has 0 aliphatic carbocycles. The monoisotopic (exact) mass is 2200 g/mol. The number of alkyl halides is 3. The van der Waals surface area contributed by atoms with Crippen molar-refractivity contribution >= 4 is 213 Å². The summed E-state index contributed by atoms with van der Waals surface area (Å²) in [6, 6.07) is 2.86. The van der Waals surface area contributed by atoms with Crippen LogP contribution in [0.1, 0.15) is 56.6 Å². The normalized spacial score (nSPS) is 36.4. The van der Waals surface area contributed by atoms with E-state index in [2.05, 4.69) is 82.6 Å². The summed E-state index contributed by atoms with van der Waals surface area (Å²) in [7, 11) is 0. The second kappa shape index (κ2) is 37.5. The van der Waals surface area contributed by atoms with Crippen LogP contribution in [0.4, 0.5) is 61.4 Å². The maximum atomic E-state index is 16.0. The predicted molar refractivity (Wildman–Crippen MR) is 497 cm³/mol. The summed E-state index contributed by atoms with van der Waals surface area (Å²) < 4.78 is 204. The van der Waals surface area contributed by atoms with Crippen molar-refractivity contribution in [2.75, 3.05) is 74.0 Å². The maximum Gasteiger partial charge on any atom is 0.325 e. The van der Waals surface area contributed by atoms with Crippen LogP contribution in [0, 0.1) is 54.5 Å². The Hall–Kier alpha value is -8.95. The number of nitrogens with zero attached hydrogens (tertiary/aromatic N) is 16. The summed E-state index contributed by atoms with van der Waals surface area (Å²) >= 11 is 31.5. The lowest BCUT2D eigenvalue weighted by Gasteiger charge is -2.32. The van der Waals surface area contributed by atoms with Gasteiger partial charge in [0.15, 0.2) is 111 Å². The third kappa shape index (κ3) is 19.0. The van der Waals surface area contributed by atoms with Gasteiger partial charge in [-0.25, -0.2) is 61.2 Å². The first-order chi connectivity index (χ1) is 66.6. The van der Waals surface area contributed by atoms with Crippen molar-refractivity contribution in [2.45, 2.75) is 147 Å². The molecular formula is C71H71F6N25O27P6S6. The second-order valence-corrected chi connectivity index (χ2v) is 48.9. The molecule has 12 aromatic rings. The zero-order chi connectivity index (χ0) is 100. The number of fused-ring (bicyclic) bond motifs is 15. The Morgan fingerprint density at radius 3 is 1.00 bits per heavy atom. The van der Waals surface area contributed by atoms with Crippen LogP contribution in [0.25, 0.3) is 66.6 Å². The molecule has 9 fully saturated rings. The lowest BCUT2D eigenvalue weighted by Crippen LogP contribution is -2.43. The van der Waals surface area contributed by atoms with Crippen molar-refractivity contribution < 1.29 is 138 Å². The molecule has 52 nitrogen and oxygen atoms in total. The number of ether oxygens (including phenoxy) is 6. The highest BCUT2D eigenvalue weighted by atomic mass is 32.5. The van der Waals surface area contributed by atoms with Gasteiger partial charge < -0.3 is 147 Å². The van der Waals surface area contributed by atoms with Crippen LogP contribution in [0.5, 0.6) is 0 Å². The molecule has 21 heterocycles. The number of nitrogens with two attached hydrogens (primary N) is 6. The molecule has 6 bridgehead atoms. The zero-order valence-corrected chi connectivity index (χ0v) is 80.9. The number of terminal acetylenes is 3. The maximum absolute atomic E-state index is 16.0. The summed E-state index contributed by atoms with van der Waals surface area (Å²) in [6.45, 7) is -30.1. The quantitative estimate of drug-likeness (QED) is 0.0646. The van der Waals surface area contributed by atoms with Gasteiger partial charge in [0.1, 0.15) is 97.1 Å². The molecule has 6 unspecified atom stereocenters. The Morgan fingerprint density at radius 1 is 0.404 bits per heavy atom. The summed E-state index contributed by atoms with van der Waals surface area (Å²) in [5.41, 5.74) is 26.9. The number of imidazole rings is 3. The molecule has 27 atom stereocenters. The zero-order valence-electron chi connectivity index (χ0n) is 70.6. The van der Waals surface area contributed by atoms with E-state index in [0.29, 0.717) is 0 Å². The lowest BCUT2D eigenvalue weighted by atomic mass is 9.99. The van der Waals surface area contributed by atoms with E-state index >= 15 is 13.2 Å². The van der Waals surface area contributed by atoms with Gasteiger partial charge in [0.2, 0.25) is 17.8 Å². The van der Waals surface area contributed by atoms with Crippen molar-refractivity contribution in [3.63, 3.8) is 0 Å². The van der Waals surface area contributed by atoms with Crippen LogP contribution in [-0.4, -0.2) is 251 Å². The highest BCUT2D eigenvalue weighted by molar-refractivity contribution is 8.08. The molecule has 0 saturated carbocycles. The molecule has 12 aromatic heterocycles. The number of hydrogen-bond donors (Lipinski definition) is 15. The summed E-state index contributed by atoms with van der Waals surface area (Å²) in [5, 5.41) is 0.0111. The first-order valence-electron chi connectivity index (χ1n) is 40.7. The van der Waals surface area contributed by atoms with Gasteiger partial charge >= 0.3 is 40.3 Å². The molecule has 141 heavy (non-hydrogen) atoms. The first-order valence-corrected chi connectivity index (χ1v) is 56.2. The van der Waals surface area contributed by atoms with Gasteiger partial charge in [-0.05, 0) is 83.0 Å². The molecule has 0 amide bonds. The SMILES string of the molecule is C#C[C@@]12COP(O)(=S)O[C@@H]3[C@H](F)[C@@H](COP(O)(=S)O[C@H]1C[C@H](n1cc(F)c4c(N)ccnc41)O2)O[C@H]3n1cnc2c(=O)[nH]c(N)nc21.C#C[C@@]12COP(O)(=S)O[C@@H]3[C@H](F)[C@@H](COP(O)(=S)O[C@H]1C[C@H](n1cc(F)c4c(N)ccnc41)O2)O[C@H]3n1cnc2c(=O)[nH]c(N)nc21.C#C[C@@]12COP(O)(=S)O[C@@H]3[C@H](F)[C@@H](COP(O)(=S)O[C@H]1C[C@H](n1cc(F)c4c(N)ncnc41)O2)O[C@H]3n1cnc2c(=O)[nH]c(N)nc21. The Morgan fingerprint density at radius 2 is 0.695 bits per heavy atom. The van der Waals surface area contributed by atoms with Gasteiger partial charge in [-0.15, -0.1) is 19.3 Å². The topological polar surface area (TPSA) is 701 Å². The van der Waals surface area contributed by atoms with Crippen LogP contribution < -0.4 is 51.1 Å². The van der Waals surface area contributed by atoms with Crippen LogP contribution in [0.3, 0.4) is 0 Å². The van der Waals surface area contributed by atoms with Crippen molar-refractivity contribution in [3.05, 3.63) is 117 Å². The molecule has 9 saturated heterocycles. The van der Waals surface area contributed by atoms with E-state index < -0.39 is 242 Å². The number of H-pyrrole nitrogens is 3. The van der Waals surface area contributed by atoms with Crippen LogP contribution in [0.2, 0.25) is 0 Å². The number of nitrogen functional groups attached to an aromatic ring is 6. The van der Waals surface area contributed by atoms with E-state index in [0.717, 1.165) is 57.6 Å². The molecule has 70 heteroatoms. The van der Waals surface area contributed by atoms with E-state index in [1.165, 1.54) is 38.2 Å². The van der Waals surface area contributed by atoms with E-state index in [4.69, 9.17) is 207 Å². The predicted octanol–water partition coefficient (Wildman–Crippen LogP) is 3.15. The summed E-state index contributed by atoms with van der Waals surface area (Å²) in [6.07, 6.45) is 0.636. The average molecular weight is 2200 g/mol. The molecule has 9 aliphatic rings. The summed E-state index contributed by atoms with van der Waals surface area (Å²) in [5.74, 6) is 4.22. The minimum atomic E-state index is -4.41. The molecule has 21 N–H and O–H groups in total. The summed E-state index contributed by atoms with van der Waals surface area (Å²) in [4.78, 5) is 151.